The van der Waals surface area contributed by atoms with Gasteiger partial charge in [0.2, 0.25) is 0 Å². The smallest absolute Gasteiger partial charge is 0.147 e. The first-order valence-electron chi connectivity index (χ1n) is 4.39. The van der Waals surface area contributed by atoms with Crippen molar-refractivity contribution in [3.05, 3.63) is 0 Å². The second-order valence-corrected chi connectivity index (χ2v) is 3.27. The van der Waals surface area contributed by atoms with E-state index < -0.39 is 0 Å². The van der Waals surface area contributed by atoms with E-state index in [1.807, 2.05) is 0 Å². The number of carbonyl (C=O) groups excluding carboxylic acids is 1. The summed E-state index contributed by atoms with van der Waals surface area (Å²) in [5.74, 6) is 0.0773. The first kappa shape index (κ1) is 9.64. The molecular formula is C8H17N3O. The summed E-state index contributed by atoms with van der Waals surface area (Å²) in [5, 5.41) is 3.25. The monoisotopic (exact) mass is 171 g/mol. The molecule has 0 aromatic carbocycles. The number of nitrogens with one attached hydrogen (secondary N) is 1. The molecule has 0 aliphatic carbocycles. The fourth-order valence-electron chi connectivity index (χ4n) is 1.30. The first-order valence-corrected chi connectivity index (χ1v) is 4.39. The van der Waals surface area contributed by atoms with Crippen molar-refractivity contribution in [3.63, 3.8) is 0 Å². The van der Waals surface area contributed by atoms with Crippen LogP contribution in [0.5, 0.6) is 0 Å². The van der Waals surface area contributed by atoms with Gasteiger partial charge in [-0.3, -0.25) is 9.69 Å². The summed E-state index contributed by atoms with van der Waals surface area (Å²) in [6.45, 7) is 6.26. The second kappa shape index (κ2) is 4.54. The third-order valence-electron chi connectivity index (χ3n) is 2.19. The van der Waals surface area contributed by atoms with E-state index in [-0.39, 0.29) is 11.8 Å². The van der Waals surface area contributed by atoms with Crippen LogP contribution in [0.1, 0.15) is 6.92 Å². The van der Waals surface area contributed by atoms with E-state index in [0.717, 1.165) is 26.2 Å². The van der Waals surface area contributed by atoms with Gasteiger partial charge in [-0.05, 0) is 6.92 Å². The molecule has 1 atom stereocenters. The van der Waals surface area contributed by atoms with Crippen LogP contribution >= 0.6 is 0 Å². The van der Waals surface area contributed by atoms with Crippen LogP contribution in [0.4, 0.5) is 0 Å². The van der Waals surface area contributed by atoms with Gasteiger partial charge in [0.15, 0.2) is 0 Å². The van der Waals surface area contributed by atoms with Crippen molar-refractivity contribution in [1.29, 1.82) is 0 Å². The maximum Gasteiger partial charge on any atom is 0.147 e. The quantitative estimate of drug-likeness (QED) is 0.560. The highest BCUT2D eigenvalue weighted by Crippen LogP contribution is 1.94. The van der Waals surface area contributed by atoms with E-state index in [4.69, 9.17) is 5.73 Å². The lowest BCUT2D eigenvalue weighted by molar-refractivity contribution is -0.118. The Bertz CT molecular complexity index is 154. The first-order chi connectivity index (χ1) is 5.70. The molecule has 1 aliphatic rings. The molecule has 12 heavy (non-hydrogen) atoms. The van der Waals surface area contributed by atoms with Crippen LogP contribution in [0.2, 0.25) is 0 Å². The average molecular weight is 171 g/mol. The molecule has 0 spiro atoms. The number of nitrogens with two attached hydrogens (primary N) is 1. The fraction of sp³-hybridized carbons (Fsp3) is 0.875. The van der Waals surface area contributed by atoms with Gasteiger partial charge in [-0.2, -0.15) is 0 Å². The predicted molar refractivity (Wildman–Crippen MR) is 48.0 cm³/mol. The predicted octanol–water partition coefficient (Wildman–Crippen LogP) is -1.19. The number of hydrogen-bond donors (Lipinski definition) is 2. The van der Waals surface area contributed by atoms with Crippen LogP contribution in [0, 0.1) is 0 Å². The lowest BCUT2D eigenvalue weighted by Crippen LogP contribution is -2.49. The Morgan fingerprint density at radius 2 is 2.17 bits per heavy atom. The van der Waals surface area contributed by atoms with Crippen LogP contribution in [0.3, 0.4) is 0 Å². The highest BCUT2D eigenvalue weighted by atomic mass is 16.1. The Morgan fingerprint density at radius 3 is 2.67 bits per heavy atom. The molecule has 0 aromatic heterocycles. The Kier molecular flexibility index (Phi) is 3.65. The van der Waals surface area contributed by atoms with Crippen molar-refractivity contribution in [3.8, 4) is 0 Å². The Hall–Kier alpha value is -0.450. The molecule has 1 unspecified atom stereocenters. The molecule has 0 aromatic rings. The van der Waals surface area contributed by atoms with Crippen LogP contribution < -0.4 is 11.1 Å². The van der Waals surface area contributed by atoms with E-state index in [9.17, 15) is 4.79 Å². The topological polar surface area (TPSA) is 58.4 Å². The Labute approximate surface area is 73.1 Å². The van der Waals surface area contributed by atoms with Gasteiger partial charge >= 0.3 is 0 Å². The number of Topliss-reactive ketones (excluding diaryl/α,β-unsaturated/α-hetero) is 1. The molecule has 4 heteroatoms. The van der Waals surface area contributed by atoms with E-state index >= 15 is 0 Å². The number of rotatable bonds is 3. The van der Waals surface area contributed by atoms with Gasteiger partial charge in [0, 0.05) is 32.7 Å². The molecule has 1 fully saturated rings. The summed E-state index contributed by atoms with van der Waals surface area (Å²) in [4.78, 5) is 13.1. The molecule has 3 N–H and O–H groups in total. The molecule has 0 radical (unpaired) electrons. The van der Waals surface area contributed by atoms with Gasteiger partial charge in [0.25, 0.3) is 0 Å². The van der Waals surface area contributed by atoms with Gasteiger partial charge in [-0.15, -0.1) is 0 Å². The minimum atomic E-state index is -0.303. The number of nitrogens with zero attached hydrogens (tertiary/aromatic N) is 1. The zero-order valence-corrected chi connectivity index (χ0v) is 7.55. The second-order valence-electron chi connectivity index (χ2n) is 3.27. The van der Waals surface area contributed by atoms with E-state index in [2.05, 4.69) is 10.2 Å². The maximum atomic E-state index is 10.9. The molecule has 1 aliphatic heterocycles. The summed E-state index contributed by atoms with van der Waals surface area (Å²) in [6.07, 6.45) is 0. The van der Waals surface area contributed by atoms with E-state index in [1.54, 1.807) is 6.92 Å². The zero-order valence-electron chi connectivity index (χ0n) is 7.55. The lowest BCUT2D eigenvalue weighted by Gasteiger charge is -2.28. The van der Waals surface area contributed by atoms with Crippen LogP contribution in [0.25, 0.3) is 0 Å². The fourth-order valence-corrected chi connectivity index (χ4v) is 1.30. The van der Waals surface area contributed by atoms with Gasteiger partial charge < -0.3 is 11.1 Å². The van der Waals surface area contributed by atoms with Crippen LogP contribution in [-0.2, 0) is 4.79 Å². The molecule has 1 heterocycles. The summed E-state index contributed by atoms with van der Waals surface area (Å²) in [5.41, 5.74) is 5.64. The lowest BCUT2D eigenvalue weighted by atomic mass is 10.2. The van der Waals surface area contributed by atoms with E-state index in [1.165, 1.54) is 0 Å². The number of piperazine rings is 1. The summed E-state index contributed by atoms with van der Waals surface area (Å²) >= 11 is 0. The van der Waals surface area contributed by atoms with Gasteiger partial charge in [0.1, 0.15) is 5.78 Å². The standard InChI is InChI=1S/C8H17N3O/c1-7(12)8(9)6-11-4-2-10-3-5-11/h8,10H,2-6,9H2,1H3. The average Bonchev–Trinajstić information content (AvgIpc) is 2.06. The Morgan fingerprint density at radius 1 is 1.58 bits per heavy atom. The zero-order chi connectivity index (χ0) is 8.97. The van der Waals surface area contributed by atoms with Gasteiger partial charge in [-0.25, -0.2) is 0 Å². The summed E-state index contributed by atoms with van der Waals surface area (Å²) in [6, 6.07) is -0.303. The SMILES string of the molecule is CC(=O)C(N)CN1CCNCC1. The number of carbonyl (C=O) groups is 1. The summed E-state index contributed by atoms with van der Waals surface area (Å²) < 4.78 is 0. The molecule has 0 amide bonds. The minimum absolute atomic E-state index is 0.0773. The van der Waals surface area contributed by atoms with Crippen molar-refractivity contribution in [2.75, 3.05) is 32.7 Å². The molecule has 0 saturated carbocycles. The molecule has 1 saturated heterocycles. The maximum absolute atomic E-state index is 10.9. The van der Waals surface area contributed by atoms with Gasteiger partial charge in [-0.1, -0.05) is 0 Å². The molecule has 4 nitrogen and oxygen atoms in total. The highest BCUT2D eigenvalue weighted by molar-refractivity contribution is 5.81. The minimum Gasteiger partial charge on any atom is -0.320 e. The molecular weight excluding hydrogens is 154 g/mol. The largest absolute Gasteiger partial charge is 0.320 e. The Balaban J connectivity index is 2.24. The van der Waals surface area contributed by atoms with Crippen molar-refractivity contribution in [2.24, 2.45) is 5.73 Å². The molecule has 0 bridgehead atoms. The molecule has 70 valence electrons. The normalized spacial score (nSPS) is 22.2. The third kappa shape index (κ3) is 2.89. The van der Waals surface area contributed by atoms with Crippen molar-refractivity contribution >= 4 is 5.78 Å². The van der Waals surface area contributed by atoms with Crippen LogP contribution in [-0.4, -0.2) is 49.4 Å². The van der Waals surface area contributed by atoms with E-state index in [0.29, 0.717) is 6.54 Å². The summed E-state index contributed by atoms with van der Waals surface area (Å²) in [7, 11) is 0. The third-order valence-corrected chi connectivity index (χ3v) is 2.19. The molecule has 1 rings (SSSR count). The van der Waals surface area contributed by atoms with Gasteiger partial charge in [0.05, 0.1) is 6.04 Å². The highest BCUT2D eigenvalue weighted by Gasteiger charge is 2.15. The number of ketones is 1. The van der Waals surface area contributed by atoms with Crippen LogP contribution in [0.15, 0.2) is 0 Å². The van der Waals surface area contributed by atoms with Crippen molar-refractivity contribution in [1.82, 2.24) is 10.2 Å². The van der Waals surface area contributed by atoms with Crippen molar-refractivity contribution in [2.45, 2.75) is 13.0 Å². The van der Waals surface area contributed by atoms with Crippen molar-refractivity contribution < 1.29 is 4.79 Å². The number of hydrogen-bond acceptors (Lipinski definition) is 4.